The predicted octanol–water partition coefficient (Wildman–Crippen LogP) is 3.49. The summed E-state index contributed by atoms with van der Waals surface area (Å²) in [6.07, 6.45) is 0.516. The van der Waals surface area contributed by atoms with Gasteiger partial charge >= 0.3 is 5.97 Å². The van der Waals surface area contributed by atoms with Gasteiger partial charge in [0.05, 0.1) is 0 Å². The minimum absolute atomic E-state index is 0.0737. The average Bonchev–Trinajstić information content (AvgIpc) is 2.72. The van der Waals surface area contributed by atoms with E-state index in [4.69, 9.17) is 5.11 Å². The number of hydrogen-bond acceptors (Lipinski definition) is 4. The normalized spacial score (nSPS) is 14.8. The topological polar surface area (TPSA) is 72.9 Å². The maximum Gasteiger partial charge on any atom is 0.303 e. The van der Waals surface area contributed by atoms with Crippen molar-refractivity contribution in [1.29, 1.82) is 0 Å². The lowest BCUT2D eigenvalue weighted by Gasteiger charge is -2.38. The zero-order valence-electron chi connectivity index (χ0n) is 17.1. The Kier molecular flexibility index (Phi) is 6.88. The molecule has 1 aliphatic heterocycles. The van der Waals surface area contributed by atoms with Gasteiger partial charge in [0.1, 0.15) is 0 Å². The van der Waals surface area contributed by atoms with E-state index in [1.54, 1.807) is 0 Å². The van der Waals surface area contributed by atoms with E-state index in [1.165, 1.54) is 0 Å². The van der Waals surface area contributed by atoms with Crippen LogP contribution in [0.15, 0.2) is 48.5 Å². The maximum absolute atomic E-state index is 12.6. The fourth-order valence-electron chi connectivity index (χ4n) is 3.58. The Morgan fingerprint density at radius 1 is 1.03 bits per heavy atom. The number of amides is 1. The number of hydrogen-bond donors (Lipinski definition) is 2. The largest absolute Gasteiger partial charge is 0.481 e. The lowest BCUT2D eigenvalue weighted by Crippen LogP contribution is -2.48. The number of nitrogens with zero attached hydrogens (tertiary/aromatic N) is 2. The van der Waals surface area contributed by atoms with Crippen LogP contribution in [-0.4, -0.2) is 54.1 Å². The zero-order chi connectivity index (χ0) is 20.8. The molecule has 1 heterocycles. The molecular weight excluding hydrogens is 366 g/mol. The molecule has 3 rings (SSSR count). The van der Waals surface area contributed by atoms with E-state index in [0.717, 1.165) is 37.4 Å². The van der Waals surface area contributed by atoms with Crippen LogP contribution in [0, 0.1) is 0 Å². The predicted molar refractivity (Wildman–Crippen MR) is 116 cm³/mol. The van der Waals surface area contributed by atoms with Crippen LogP contribution in [0.25, 0.3) is 0 Å². The number of aliphatic carboxylic acids is 1. The second-order valence-corrected chi connectivity index (χ2v) is 7.71. The first-order valence-corrected chi connectivity index (χ1v) is 10.1. The van der Waals surface area contributed by atoms with E-state index < -0.39 is 5.97 Å². The molecule has 29 heavy (non-hydrogen) atoms. The van der Waals surface area contributed by atoms with Gasteiger partial charge in [0.2, 0.25) is 0 Å². The van der Waals surface area contributed by atoms with Gasteiger partial charge in [-0.2, -0.15) is 0 Å². The monoisotopic (exact) mass is 395 g/mol. The number of nitrogens with one attached hydrogen (secondary N) is 1. The lowest BCUT2D eigenvalue weighted by molar-refractivity contribution is -0.136. The molecule has 0 spiro atoms. The Balaban J connectivity index is 1.58. The number of aryl methyl sites for hydroxylation is 1. The van der Waals surface area contributed by atoms with Gasteiger partial charge in [0, 0.05) is 55.6 Å². The summed E-state index contributed by atoms with van der Waals surface area (Å²) in [4.78, 5) is 28.1. The van der Waals surface area contributed by atoms with Crippen molar-refractivity contribution in [3.63, 3.8) is 0 Å². The Bertz CT molecular complexity index is 841. The summed E-state index contributed by atoms with van der Waals surface area (Å²) in [6, 6.07) is 15.6. The van der Waals surface area contributed by atoms with Crippen molar-refractivity contribution < 1.29 is 14.7 Å². The summed E-state index contributed by atoms with van der Waals surface area (Å²) in [5, 5.41) is 11.7. The van der Waals surface area contributed by atoms with Gasteiger partial charge in [-0.3, -0.25) is 14.5 Å². The molecule has 154 valence electrons. The molecule has 1 fully saturated rings. The van der Waals surface area contributed by atoms with E-state index in [0.29, 0.717) is 23.7 Å². The highest BCUT2D eigenvalue weighted by atomic mass is 16.4. The van der Waals surface area contributed by atoms with E-state index >= 15 is 0 Å². The summed E-state index contributed by atoms with van der Waals surface area (Å²) < 4.78 is 0. The molecule has 2 N–H and O–H groups in total. The molecular formula is C23H29N3O3. The highest BCUT2D eigenvalue weighted by molar-refractivity contribution is 6.04. The molecule has 1 amide bonds. The molecule has 2 aromatic rings. The summed E-state index contributed by atoms with van der Waals surface area (Å²) >= 11 is 0. The standard InChI is InChI=1S/C23H29N3O3/c1-17(2)25-12-14-26(15-13-25)21-9-7-19(8-10-21)23(29)24-20-5-3-4-18(16-20)6-11-22(27)28/h3-5,7-10,16-17H,6,11-15H2,1-2H3,(H,24,29)(H,27,28). The molecule has 0 radical (unpaired) electrons. The summed E-state index contributed by atoms with van der Waals surface area (Å²) in [5.41, 5.74) is 3.30. The van der Waals surface area contributed by atoms with E-state index in [-0.39, 0.29) is 12.3 Å². The third-order valence-corrected chi connectivity index (χ3v) is 5.35. The molecule has 0 saturated carbocycles. The third-order valence-electron chi connectivity index (χ3n) is 5.35. The van der Waals surface area contributed by atoms with Gasteiger partial charge in [-0.05, 0) is 62.2 Å². The molecule has 0 aliphatic carbocycles. The number of piperazine rings is 1. The van der Waals surface area contributed by atoms with Crippen molar-refractivity contribution >= 4 is 23.3 Å². The van der Waals surface area contributed by atoms with Gasteiger partial charge in [0.25, 0.3) is 5.91 Å². The van der Waals surface area contributed by atoms with Crippen LogP contribution in [0.1, 0.15) is 36.2 Å². The molecule has 6 heteroatoms. The number of carbonyl (C=O) groups is 2. The van der Waals surface area contributed by atoms with Crippen molar-refractivity contribution in [2.75, 3.05) is 36.4 Å². The number of carbonyl (C=O) groups excluding carboxylic acids is 1. The highest BCUT2D eigenvalue weighted by Crippen LogP contribution is 2.19. The molecule has 2 aromatic carbocycles. The van der Waals surface area contributed by atoms with Crippen molar-refractivity contribution in [3.05, 3.63) is 59.7 Å². The number of benzene rings is 2. The molecule has 0 aromatic heterocycles. The number of carboxylic acids is 1. The maximum atomic E-state index is 12.6. The smallest absolute Gasteiger partial charge is 0.303 e. The lowest BCUT2D eigenvalue weighted by atomic mass is 10.1. The van der Waals surface area contributed by atoms with Crippen LogP contribution in [0.4, 0.5) is 11.4 Å². The Hall–Kier alpha value is -2.86. The fourth-order valence-corrected chi connectivity index (χ4v) is 3.58. The number of rotatable bonds is 7. The van der Waals surface area contributed by atoms with Crippen LogP contribution < -0.4 is 10.2 Å². The van der Waals surface area contributed by atoms with Crippen LogP contribution in [0.3, 0.4) is 0 Å². The first kappa shape index (κ1) is 20.9. The third kappa shape index (κ3) is 5.81. The van der Waals surface area contributed by atoms with Crippen LogP contribution in [0.2, 0.25) is 0 Å². The fraction of sp³-hybridized carbons (Fsp3) is 0.391. The molecule has 0 atom stereocenters. The molecule has 1 saturated heterocycles. The Morgan fingerprint density at radius 3 is 2.34 bits per heavy atom. The van der Waals surface area contributed by atoms with Gasteiger partial charge in [-0.1, -0.05) is 12.1 Å². The van der Waals surface area contributed by atoms with Crippen LogP contribution >= 0.6 is 0 Å². The molecule has 0 unspecified atom stereocenters. The zero-order valence-corrected chi connectivity index (χ0v) is 17.1. The molecule has 0 bridgehead atoms. The summed E-state index contributed by atoms with van der Waals surface area (Å²) in [6.45, 7) is 8.55. The van der Waals surface area contributed by atoms with E-state index in [2.05, 4.69) is 29.0 Å². The minimum Gasteiger partial charge on any atom is -0.481 e. The number of anilines is 2. The first-order valence-electron chi connectivity index (χ1n) is 10.1. The van der Waals surface area contributed by atoms with Crippen molar-refractivity contribution in [2.45, 2.75) is 32.7 Å². The quantitative estimate of drug-likeness (QED) is 0.751. The van der Waals surface area contributed by atoms with Gasteiger partial charge < -0.3 is 15.3 Å². The van der Waals surface area contributed by atoms with Crippen LogP contribution in [0.5, 0.6) is 0 Å². The van der Waals surface area contributed by atoms with Crippen LogP contribution in [-0.2, 0) is 11.2 Å². The Labute approximate surface area is 172 Å². The van der Waals surface area contributed by atoms with Crippen molar-refractivity contribution in [1.82, 2.24) is 4.90 Å². The highest BCUT2D eigenvalue weighted by Gasteiger charge is 2.19. The average molecular weight is 396 g/mol. The molecule has 6 nitrogen and oxygen atoms in total. The SMILES string of the molecule is CC(C)N1CCN(c2ccc(C(=O)Nc3cccc(CCC(=O)O)c3)cc2)CC1. The number of carboxylic acid groups (broad SMARTS) is 1. The summed E-state index contributed by atoms with van der Waals surface area (Å²) in [5.74, 6) is -0.998. The summed E-state index contributed by atoms with van der Waals surface area (Å²) in [7, 11) is 0. The second kappa shape index (κ2) is 9.56. The van der Waals surface area contributed by atoms with Crippen molar-refractivity contribution in [2.24, 2.45) is 0 Å². The van der Waals surface area contributed by atoms with Crippen molar-refractivity contribution in [3.8, 4) is 0 Å². The van der Waals surface area contributed by atoms with E-state index in [9.17, 15) is 9.59 Å². The minimum atomic E-state index is -0.829. The van der Waals surface area contributed by atoms with Gasteiger partial charge in [-0.15, -0.1) is 0 Å². The Morgan fingerprint density at radius 2 is 1.72 bits per heavy atom. The van der Waals surface area contributed by atoms with E-state index in [1.807, 2.05) is 48.5 Å². The second-order valence-electron chi connectivity index (χ2n) is 7.71. The molecule has 1 aliphatic rings. The van der Waals surface area contributed by atoms with Gasteiger partial charge in [0.15, 0.2) is 0 Å². The van der Waals surface area contributed by atoms with Gasteiger partial charge in [-0.25, -0.2) is 0 Å². The first-order chi connectivity index (χ1) is 13.9.